The molecule has 0 unspecified atom stereocenters. The molecule has 0 amide bonds. The summed E-state index contributed by atoms with van der Waals surface area (Å²) >= 11 is 0. The van der Waals surface area contributed by atoms with Gasteiger partial charge in [0.15, 0.2) is 0 Å². The van der Waals surface area contributed by atoms with E-state index in [1.165, 1.54) is 52.5 Å². The summed E-state index contributed by atoms with van der Waals surface area (Å²) in [6, 6.07) is 30.2. The van der Waals surface area contributed by atoms with Gasteiger partial charge < -0.3 is 9.55 Å². The third-order valence-electron chi connectivity index (χ3n) is 6.61. The van der Waals surface area contributed by atoms with Gasteiger partial charge in [0.05, 0.1) is 11.9 Å². The van der Waals surface area contributed by atoms with Crippen molar-refractivity contribution in [1.29, 1.82) is 0 Å². The third-order valence-corrected chi connectivity index (χ3v) is 6.61. The van der Waals surface area contributed by atoms with Crippen molar-refractivity contribution in [3.8, 4) is 11.4 Å². The van der Waals surface area contributed by atoms with Crippen molar-refractivity contribution < 1.29 is 0 Å². The molecular formula is C31H34N4. The number of nitrogens with zero attached hydrogens (tertiary/aromatic N) is 3. The van der Waals surface area contributed by atoms with E-state index in [9.17, 15) is 0 Å². The molecule has 5 aromatic rings. The lowest BCUT2D eigenvalue weighted by Gasteiger charge is -2.24. The van der Waals surface area contributed by atoms with Crippen LogP contribution < -0.4 is 0 Å². The standard InChI is InChI=1S/C31H34N4/c1-2-3-10-19-35-29(21-33-31(35)27-13-8-5-9-14-27)24-34(22-25-11-6-4-7-12-25)23-26-15-16-30-28(20-26)17-18-32-30/h4-9,11-18,20-21,32H,2-3,10,19,22-24H2,1H3. The molecule has 35 heavy (non-hydrogen) atoms. The summed E-state index contributed by atoms with van der Waals surface area (Å²) in [4.78, 5) is 10.7. The molecule has 2 heterocycles. The topological polar surface area (TPSA) is 36.9 Å². The summed E-state index contributed by atoms with van der Waals surface area (Å²) in [5, 5.41) is 1.26. The van der Waals surface area contributed by atoms with Gasteiger partial charge in [-0.25, -0.2) is 4.98 Å². The van der Waals surface area contributed by atoms with E-state index in [0.29, 0.717) is 0 Å². The second kappa shape index (κ2) is 11.2. The highest BCUT2D eigenvalue weighted by atomic mass is 15.2. The fourth-order valence-corrected chi connectivity index (χ4v) is 4.82. The Morgan fingerprint density at radius 3 is 2.37 bits per heavy atom. The minimum Gasteiger partial charge on any atom is -0.361 e. The quantitative estimate of drug-likeness (QED) is 0.207. The summed E-state index contributed by atoms with van der Waals surface area (Å²) in [5.41, 5.74) is 6.30. The molecule has 0 atom stereocenters. The number of nitrogens with one attached hydrogen (secondary N) is 1. The molecule has 2 aromatic heterocycles. The molecule has 0 aliphatic heterocycles. The predicted molar refractivity (Wildman–Crippen MR) is 145 cm³/mol. The molecule has 0 radical (unpaired) electrons. The lowest BCUT2D eigenvalue weighted by molar-refractivity contribution is 0.241. The molecule has 0 aliphatic carbocycles. The Bertz CT molecular complexity index is 1330. The molecule has 178 valence electrons. The smallest absolute Gasteiger partial charge is 0.140 e. The van der Waals surface area contributed by atoms with Crippen molar-refractivity contribution in [3.05, 3.63) is 114 Å². The Labute approximate surface area is 208 Å². The molecule has 0 bridgehead atoms. The van der Waals surface area contributed by atoms with Crippen LogP contribution in [0.4, 0.5) is 0 Å². The van der Waals surface area contributed by atoms with Gasteiger partial charge in [0.1, 0.15) is 5.82 Å². The van der Waals surface area contributed by atoms with E-state index in [2.05, 4.69) is 113 Å². The van der Waals surface area contributed by atoms with Crippen LogP contribution in [0.2, 0.25) is 0 Å². The van der Waals surface area contributed by atoms with Gasteiger partial charge in [-0.15, -0.1) is 0 Å². The first-order valence-corrected chi connectivity index (χ1v) is 12.7. The van der Waals surface area contributed by atoms with Crippen molar-refractivity contribution in [2.75, 3.05) is 0 Å². The van der Waals surface area contributed by atoms with E-state index in [0.717, 1.165) is 32.0 Å². The Morgan fingerprint density at radius 2 is 1.57 bits per heavy atom. The Morgan fingerprint density at radius 1 is 0.800 bits per heavy atom. The number of aromatic nitrogens is 3. The zero-order valence-corrected chi connectivity index (χ0v) is 20.5. The number of hydrogen-bond acceptors (Lipinski definition) is 2. The zero-order chi connectivity index (χ0) is 23.9. The number of fused-ring (bicyclic) bond motifs is 1. The molecule has 0 fully saturated rings. The first-order valence-electron chi connectivity index (χ1n) is 12.7. The number of H-pyrrole nitrogens is 1. The third kappa shape index (κ3) is 5.72. The second-order valence-electron chi connectivity index (χ2n) is 9.33. The van der Waals surface area contributed by atoms with E-state index in [4.69, 9.17) is 4.98 Å². The number of hydrogen-bond donors (Lipinski definition) is 1. The first kappa shape index (κ1) is 23.1. The van der Waals surface area contributed by atoms with Gasteiger partial charge in [0.2, 0.25) is 0 Å². The summed E-state index contributed by atoms with van der Waals surface area (Å²) in [5.74, 6) is 1.07. The van der Waals surface area contributed by atoms with E-state index in [1.54, 1.807) is 0 Å². The maximum atomic E-state index is 4.90. The molecule has 0 saturated carbocycles. The van der Waals surface area contributed by atoms with Crippen LogP contribution in [0.25, 0.3) is 22.3 Å². The van der Waals surface area contributed by atoms with Gasteiger partial charge >= 0.3 is 0 Å². The number of aromatic amines is 1. The summed E-state index contributed by atoms with van der Waals surface area (Å²) < 4.78 is 2.44. The fraction of sp³-hybridized carbons (Fsp3) is 0.258. The molecule has 5 rings (SSSR count). The number of benzene rings is 3. The van der Waals surface area contributed by atoms with Gasteiger partial charge in [0, 0.05) is 43.5 Å². The van der Waals surface area contributed by atoms with Crippen molar-refractivity contribution in [2.45, 2.75) is 52.4 Å². The van der Waals surface area contributed by atoms with Crippen LogP contribution in [0.15, 0.2) is 97.3 Å². The van der Waals surface area contributed by atoms with E-state index in [1.807, 2.05) is 6.20 Å². The normalized spacial score (nSPS) is 11.5. The molecule has 3 aromatic carbocycles. The number of rotatable bonds is 11. The summed E-state index contributed by atoms with van der Waals surface area (Å²) in [7, 11) is 0. The maximum Gasteiger partial charge on any atom is 0.140 e. The largest absolute Gasteiger partial charge is 0.361 e. The summed E-state index contributed by atoms with van der Waals surface area (Å²) in [6.07, 6.45) is 7.71. The number of unbranched alkanes of at least 4 members (excludes halogenated alkanes) is 2. The van der Waals surface area contributed by atoms with Gasteiger partial charge in [-0.1, -0.05) is 86.5 Å². The van der Waals surface area contributed by atoms with E-state index in [-0.39, 0.29) is 0 Å². The predicted octanol–water partition coefficient (Wildman–Crippen LogP) is 7.42. The summed E-state index contributed by atoms with van der Waals surface area (Å²) in [6.45, 7) is 5.90. The highest BCUT2D eigenvalue weighted by molar-refractivity contribution is 5.79. The van der Waals surface area contributed by atoms with Crippen LogP contribution in [0, 0.1) is 0 Å². The van der Waals surface area contributed by atoms with E-state index >= 15 is 0 Å². The minimum atomic E-state index is 0.853. The lowest BCUT2D eigenvalue weighted by atomic mass is 10.1. The number of imidazole rings is 1. The van der Waals surface area contributed by atoms with Crippen LogP contribution in [-0.4, -0.2) is 19.4 Å². The minimum absolute atomic E-state index is 0.853. The molecule has 4 heteroatoms. The monoisotopic (exact) mass is 462 g/mol. The van der Waals surface area contributed by atoms with E-state index < -0.39 is 0 Å². The van der Waals surface area contributed by atoms with Gasteiger partial charge in [-0.2, -0.15) is 0 Å². The SMILES string of the molecule is CCCCCn1c(CN(Cc2ccccc2)Cc2ccc3[nH]ccc3c2)cnc1-c1ccccc1. The first-order chi connectivity index (χ1) is 17.3. The molecule has 0 spiro atoms. The molecule has 1 N–H and O–H groups in total. The highest BCUT2D eigenvalue weighted by Gasteiger charge is 2.16. The molecule has 4 nitrogen and oxygen atoms in total. The fourth-order valence-electron chi connectivity index (χ4n) is 4.82. The average Bonchev–Trinajstić information content (AvgIpc) is 3.52. The Balaban J connectivity index is 1.45. The van der Waals surface area contributed by atoms with Crippen molar-refractivity contribution in [3.63, 3.8) is 0 Å². The Kier molecular flexibility index (Phi) is 7.40. The van der Waals surface area contributed by atoms with Gasteiger partial charge in [-0.3, -0.25) is 4.90 Å². The van der Waals surface area contributed by atoms with Crippen molar-refractivity contribution in [2.24, 2.45) is 0 Å². The molecular weight excluding hydrogens is 428 g/mol. The lowest BCUT2D eigenvalue weighted by Crippen LogP contribution is -2.24. The van der Waals surface area contributed by atoms with Gasteiger partial charge in [-0.05, 0) is 41.1 Å². The van der Waals surface area contributed by atoms with Crippen LogP contribution in [0.5, 0.6) is 0 Å². The van der Waals surface area contributed by atoms with Crippen molar-refractivity contribution >= 4 is 10.9 Å². The van der Waals surface area contributed by atoms with Gasteiger partial charge in [0.25, 0.3) is 0 Å². The van der Waals surface area contributed by atoms with Crippen LogP contribution in [-0.2, 0) is 26.2 Å². The van der Waals surface area contributed by atoms with Crippen LogP contribution in [0.3, 0.4) is 0 Å². The molecule has 0 aliphatic rings. The molecule has 0 saturated heterocycles. The van der Waals surface area contributed by atoms with Crippen LogP contribution >= 0.6 is 0 Å². The Hall–Kier alpha value is -3.63. The zero-order valence-electron chi connectivity index (χ0n) is 20.5. The van der Waals surface area contributed by atoms with Crippen LogP contribution in [0.1, 0.15) is 43.0 Å². The second-order valence-corrected chi connectivity index (χ2v) is 9.33. The average molecular weight is 463 g/mol. The highest BCUT2D eigenvalue weighted by Crippen LogP contribution is 2.24. The maximum absolute atomic E-state index is 4.90. The van der Waals surface area contributed by atoms with Crippen molar-refractivity contribution in [1.82, 2.24) is 19.4 Å².